The third kappa shape index (κ3) is 1.12. The molecule has 4 nitrogen and oxygen atoms in total. The van der Waals surface area contributed by atoms with E-state index in [1.807, 2.05) is 0 Å². The maximum atomic E-state index is 10.6. The van der Waals surface area contributed by atoms with Crippen LogP contribution >= 0.6 is 11.6 Å². The van der Waals surface area contributed by atoms with Gasteiger partial charge in [0.1, 0.15) is 16.4 Å². The number of aromatic carboxylic acids is 1. The molecule has 0 bridgehead atoms. The van der Waals surface area contributed by atoms with Crippen LogP contribution in [0.2, 0.25) is 5.02 Å². The normalized spacial score (nSPS) is 10.6. The van der Waals surface area contributed by atoms with Gasteiger partial charge in [-0.3, -0.25) is 0 Å². The van der Waals surface area contributed by atoms with Crippen molar-refractivity contribution in [1.29, 1.82) is 0 Å². The quantitative estimate of drug-likeness (QED) is 0.762. The van der Waals surface area contributed by atoms with Crippen molar-refractivity contribution in [3.63, 3.8) is 0 Å². The van der Waals surface area contributed by atoms with E-state index < -0.39 is 5.97 Å². The van der Waals surface area contributed by atoms with Gasteiger partial charge < -0.3 is 14.6 Å². The smallest absolute Gasteiger partial charge is 0.373 e. The van der Waals surface area contributed by atoms with E-state index in [1.54, 1.807) is 6.07 Å². The number of phenolic OH excluding ortho intramolecular Hbond substituents is 1. The lowest BCUT2D eigenvalue weighted by molar-refractivity contribution is 0.0665. The van der Waals surface area contributed by atoms with Gasteiger partial charge >= 0.3 is 5.97 Å². The van der Waals surface area contributed by atoms with Crippen molar-refractivity contribution < 1.29 is 19.4 Å². The molecule has 72 valence electrons. The number of carboxylic acid groups (broad SMARTS) is 1. The highest BCUT2D eigenvalue weighted by molar-refractivity contribution is 6.38. The van der Waals surface area contributed by atoms with Gasteiger partial charge in [0.2, 0.25) is 5.76 Å². The highest BCUT2D eigenvalue weighted by atomic mass is 35.5. The second-order valence-electron chi connectivity index (χ2n) is 2.70. The minimum atomic E-state index is -1.26. The van der Waals surface area contributed by atoms with Crippen molar-refractivity contribution in [2.75, 3.05) is 0 Å². The number of rotatable bonds is 1. The van der Waals surface area contributed by atoms with Crippen molar-refractivity contribution in [3.8, 4) is 5.75 Å². The van der Waals surface area contributed by atoms with Gasteiger partial charge in [-0.15, -0.1) is 0 Å². The fourth-order valence-electron chi connectivity index (χ4n) is 1.23. The van der Waals surface area contributed by atoms with Crippen LogP contribution in [0.5, 0.6) is 5.75 Å². The summed E-state index contributed by atoms with van der Waals surface area (Å²) in [4.78, 5) is 10.6. The Morgan fingerprint density at radius 2 is 2.14 bits per heavy atom. The van der Waals surface area contributed by atoms with Crippen molar-refractivity contribution in [2.45, 2.75) is 0 Å². The molecule has 0 saturated carbocycles. The maximum Gasteiger partial charge on any atom is 0.373 e. The van der Waals surface area contributed by atoms with E-state index in [0.29, 0.717) is 0 Å². The van der Waals surface area contributed by atoms with Crippen LogP contribution in [-0.2, 0) is 0 Å². The fraction of sp³-hybridized carbons (Fsp3) is 0. The fourth-order valence-corrected chi connectivity index (χ4v) is 1.54. The van der Waals surface area contributed by atoms with Gasteiger partial charge in [0, 0.05) is 0 Å². The molecule has 0 aliphatic heterocycles. The number of furan rings is 1. The zero-order valence-electron chi connectivity index (χ0n) is 6.82. The van der Waals surface area contributed by atoms with Gasteiger partial charge in [-0.25, -0.2) is 4.79 Å². The van der Waals surface area contributed by atoms with E-state index in [-0.39, 0.29) is 27.5 Å². The summed E-state index contributed by atoms with van der Waals surface area (Å²) >= 11 is 5.72. The molecule has 0 aliphatic rings. The van der Waals surface area contributed by atoms with Crippen molar-refractivity contribution in [3.05, 3.63) is 29.0 Å². The summed E-state index contributed by atoms with van der Waals surface area (Å²) in [6.07, 6.45) is 0. The summed E-state index contributed by atoms with van der Waals surface area (Å²) in [5.74, 6) is -1.71. The number of hydrogen-bond acceptors (Lipinski definition) is 3. The zero-order chi connectivity index (χ0) is 10.3. The minimum Gasteiger partial charge on any atom is -0.507 e. The predicted molar refractivity (Wildman–Crippen MR) is 49.8 cm³/mol. The molecule has 2 aromatic rings. The standard InChI is InChI=1S/C9H5ClO4/c10-7-6-4(11)2-1-3-5(6)14-8(7)9(12)13/h1-3,11H,(H,12,13). The highest BCUT2D eigenvalue weighted by Crippen LogP contribution is 2.36. The van der Waals surface area contributed by atoms with Gasteiger partial charge in [-0.1, -0.05) is 17.7 Å². The molecule has 0 radical (unpaired) electrons. The first kappa shape index (κ1) is 8.90. The molecule has 0 aliphatic carbocycles. The SMILES string of the molecule is O=C(O)c1oc2cccc(O)c2c1Cl. The summed E-state index contributed by atoms with van der Waals surface area (Å²) in [6, 6.07) is 4.49. The minimum absolute atomic E-state index is 0.0781. The highest BCUT2D eigenvalue weighted by Gasteiger charge is 2.20. The lowest BCUT2D eigenvalue weighted by Gasteiger charge is -1.91. The van der Waals surface area contributed by atoms with Gasteiger partial charge in [0.05, 0.1) is 5.39 Å². The molecule has 1 heterocycles. The molecule has 2 rings (SSSR count). The summed E-state index contributed by atoms with van der Waals surface area (Å²) in [5.41, 5.74) is 0.257. The molecule has 1 aromatic carbocycles. The van der Waals surface area contributed by atoms with E-state index in [0.717, 1.165) is 0 Å². The Hall–Kier alpha value is -1.68. The van der Waals surface area contributed by atoms with E-state index in [2.05, 4.69) is 0 Å². The van der Waals surface area contributed by atoms with Crippen molar-refractivity contribution in [2.24, 2.45) is 0 Å². The molecule has 2 N–H and O–H groups in total. The number of carboxylic acids is 1. The van der Waals surface area contributed by atoms with Crippen LogP contribution in [0.15, 0.2) is 22.6 Å². The molecule has 1 aromatic heterocycles. The summed E-state index contributed by atoms with van der Waals surface area (Å²) in [5, 5.41) is 18.3. The molecule has 14 heavy (non-hydrogen) atoms. The van der Waals surface area contributed by atoms with Crippen LogP contribution in [0.1, 0.15) is 10.6 Å². The molecular formula is C9H5ClO4. The van der Waals surface area contributed by atoms with Gasteiger partial charge in [-0.2, -0.15) is 0 Å². The first-order valence-electron chi connectivity index (χ1n) is 3.74. The van der Waals surface area contributed by atoms with Crippen molar-refractivity contribution >= 4 is 28.5 Å². The molecule has 0 amide bonds. The van der Waals surface area contributed by atoms with Gasteiger partial charge in [-0.05, 0) is 12.1 Å². The zero-order valence-corrected chi connectivity index (χ0v) is 7.58. The van der Waals surface area contributed by atoms with E-state index >= 15 is 0 Å². The van der Waals surface area contributed by atoms with Crippen LogP contribution in [-0.4, -0.2) is 16.2 Å². The number of carbonyl (C=O) groups is 1. The van der Waals surface area contributed by atoms with Crippen LogP contribution in [0.25, 0.3) is 11.0 Å². The number of benzene rings is 1. The monoisotopic (exact) mass is 212 g/mol. The lowest BCUT2D eigenvalue weighted by atomic mass is 10.2. The van der Waals surface area contributed by atoms with E-state index in [4.69, 9.17) is 21.1 Å². The average Bonchev–Trinajstić information content (AvgIpc) is 2.45. The summed E-state index contributed by atoms with van der Waals surface area (Å²) in [6.45, 7) is 0. The van der Waals surface area contributed by atoms with E-state index in [1.165, 1.54) is 12.1 Å². The molecular weight excluding hydrogens is 208 g/mol. The number of fused-ring (bicyclic) bond motifs is 1. The first-order valence-corrected chi connectivity index (χ1v) is 4.12. The average molecular weight is 213 g/mol. The number of aromatic hydroxyl groups is 1. The molecule has 0 atom stereocenters. The largest absolute Gasteiger partial charge is 0.507 e. The van der Waals surface area contributed by atoms with Crippen LogP contribution in [0, 0.1) is 0 Å². The predicted octanol–water partition coefficient (Wildman–Crippen LogP) is 2.49. The second-order valence-corrected chi connectivity index (χ2v) is 3.08. The second kappa shape index (κ2) is 2.92. The van der Waals surface area contributed by atoms with Crippen LogP contribution < -0.4 is 0 Å². The van der Waals surface area contributed by atoms with Gasteiger partial charge in [0.15, 0.2) is 0 Å². The Bertz CT molecular complexity index is 515. The lowest BCUT2D eigenvalue weighted by Crippen LogP contribution is -1.93. The topological polar surface area (TPSA) is 70.7 Å². The van der Waals surface area contributed by atoms with Crippen LogP contribution in [0.3, 0.4) is 0 Å². The Balaban J connectivity index is 2.87. The van der Waals surface area contributed by atoms with Gasteiger partial charge in [0.25, 0.3) is 0 Å². The number of halogens is 1. The molecule has 0 fully saturated rings. The Morgan fingerprint density at radius 1 is 1.43 bits per heavy atom. The molecule has 0 spiro atoms. The number of hydrogen-bond donors (Lipinski definition) is 2. The summed E-state index contributed by atoms with van der Waals surface area (Å²) in [7, 11) is 0. The van der Waals surface area contributed by atoms with Crippen molar-refractivity contribution in [1.82, 2.24) is 0 Å². The third-order valence-electron chi connectivity index (χ3n) is 1.83. The Labute approximate surface area is 83.3 Å². The molecule has 0 unspecified atom stereocenters. The van der Waals surface area contributed by atoms with E-state index in [9.17, 15) is 9.90 Å². The summed E-state index contributed by atoms with van der Waals surface area (Å²) < 4.78 is 4.95. The maximum absolute atomic E-state index is 10.6. The molecule has 0 saturated heterocycles. The third-order valence-corrected chi connectivity index (χ3v) is 2.19. The number of phenols is 1. The first-order chi connectivity index (χ1) is 6.61. The van der Waals surface area contributed by atoms with Crippen LogP contribution in [0.4, 0.5) is 0 Å². The Morgan fingerprint density at radius 3 is 2.71 bits per heavy atom. The Kier molecular flexibility index (Phi) is 1.86. The molecule has 5 heteroatoms.